The predicted octanol–water partition coefficient (Wildman–Crippen LogP) is 3.85. The van der Waals surface area contributed by atoms with Crippen LogP contribution in [-0.4, -0.2) is 25.7 Å². The highest BCUT2D eigenvalue weighted by atomic mass is 16.7. The molecule has 0 radical (unpaired) electrons. The number of nitrogens with one attached hydrogen (secondary N) is 1. The zero-order valence-electron chi connectivity index (χ0n) is 17.7. The Morgan fingerprint density at radius 3 is 2.55 bits per heavy atom. The molecular weight excluding hydrogens is 422 g/mol. The Balaban J connectivity index is 1.34. The molecule has 3 atom stereocenters. The summed E-state index contributed by atoms with van der Waals surface area (Å²) in [6.07, 6.45) is 0.226. The average molecular weight is 443 g/mol. The maximum absolute atomic E-state index is 13.1. The number of esters is 1. The standard InChI is InChI=1S/C26H21NO6/c28-26(14-4-2-1-3-5-14)33-22-9-15-8-20-21(31-12-30-20)10-17(15)24-23(22)16-6-7-19-25(32-13-29-19)18(16)11-27-24/h1-8,10,22-24,27H,9,11-13H2/t22-,23-,24+/m0/s1. The molecule has 0 fully saturated rings. The van der Waals surface area contributed by atoms with E-state index in [1.165, 1.54) is 0 Å². The summed E-state index contributed by atoms with van der Waals surface area (Å²) in [4.78, 5) is 13.1. The fourth-order valence-electron chi connectivity index (χ4n) is 5.48. The lowest BCUT2D eigenvalue weighted by molar-refractivity contribution is 0.0156. The van der Waals surface area contributed by atoms with Gasteiger partial charge in [-0.3, -0.25) is 0 Å². The second-order valence-electron chi connectivity index (χ2n) is 8.67. The molecule has 3 aromatic rings. The van der Waals surface area contributed by atoms with E-state index >= 15 is 0 Å². The van der Waals surface area contributed by atoms with Crippen molar-refractivity contribution in [1.29, 1.82) is 0 Å². The summed E-state index contributed by atoms with van der Waals surface area (Å²) in [5.74, 6) is 2.63. The third kappa shape index (κ3) is 2.89. The van der Waals surface area contributed by atoms with Crippen molar-refractivity contribution in [3.05, 3.63) is 82.4 Å². The molecule has 0 saturated carbocycles. The molecule has 0 aromatic heterocycles. The van der Waals surface area contributed by atoms with Gasteiger partial charge in [-0.15, -0.1) is 0 Å². The number of ether oxygens (including phenoxy) is 5. The highest BCUT2D eigenvalue weighted by Gasteiger charge is 2.45. The summed E-state index contributed by atoms with van der Waals surface area (Å²) in [6.45, 7) is 1.08. The van der Waals surface area contributed by atoms with Crippen molar-refractivity contribution in [2.45, 2.75) is 31.0 Å². The first-order chi connectivity index (χ1) is 16.3. The second kappa shape index (κ2) is 7.15. The highest BCUT2D eigenvalue weighted by Crippen LogP contribution is 2.52. The summed E-state index contributed by atoms with van der Waals surface area (Å²) in [7, 11) is 0. The van der Waals surface area contributed by atoms with Crippen LogP contribution in [0, 0.1) is 0 Å². The lowest BCUT2D eigenvalue weighted by Gasteiger charge is -2.43. The van der Waals surface area contributed by atoms with Crippen molar-refractivity contribution in [2.24, 2.45) is 0 Å². The van der Waals surface area contributed by atoms with Crippen LogP contribution < -0.4 is 24.3 Å². The molecule has 1 aliphatic carbocycles. The van der Waals surface area contributed by atoms with E-state index in [4.69, 9.17) is 23.7 Å². The first-order valence-electron chi connectivity index (χ1n) is 11.1. The molecule has 7 heteroatoms. The van der Waals surface area contributed by atoms with Crippen molar-refractivity contribution in [3.8, 4) is 23.0 Å². The van der Waals surface area contributed by atoms with Gasteiger partial charge in [-0.1, -0.05) is 24.3 Å². The number of hydrogen-bond donors (Lipinski definition) is 1. The molecule has 3 aliphatic heterocycles. The Bertz CT molecular complexity index is 1270. The lowest BCUT2D eigenvalue weighted by atomic mass is 9.71. The van der Waals surface area contributed by atoms with Crippen LogP contribution in [0.2, 0.25) is 0 Å². The van der Waals surface area contributed by atoms with Crippen LogP contribution in [0.4, 0.5) is 0 Å². The van der Waals surface area contributed by atoms with E-state index in [9.17, 15) is 4.79 Å². The van der Waals surface area contributed by atoms with Crippen LogP contribution in [0.1, 0.15) is 44.6 Å². The predicted molar refractivity (Wildman–Crippen MR) is 117 cm³/mol. The zero-order valence-corrected chi connectivity index (χ0v) is 17.7. The summed E-state index contributed by atoms with van der Waals surface area (Å²) >= 11 is 0. The number of hydrogen-bond acceptors (Lipinski definition) is 7. The third-order valence-electron chi connectivity index (χ3n) is 6.95. The monoisotopic (exact) mass is 443 g/mol. The molecule has 1 N–H and O–H groups in total. The number of fused-ring (bicyclic) bond motifs is 8. The Labute approximate surface area is 190 Å². The van der Waals surface area contributed by atoms with Crippen LogP contribution in [0.25, 0.3) is 0 Å². The summed E-state index contributed by atoms with van der Waals surface area (Å²) in [6, 6.07) is 17.2. The minimum atomic E-state index is -0.359. The van der Waals surface area contributed by atoms with Gasteiger partial charge in [0.25, 0.3) is 0 Å². The van der Waals surface area contributed by atoms with E-state index in [2.05, 4.69) is 17.4 Å². The van der Waals surface area contributed by atoms with Crippen LogP contribution in [0.15, 0.2) is 54.6 Å². The molecule has 0 bridgehead atoms. The van der Waals surface area contributed by atoms with Gasteiger partial charge in [0.15, 0.2) is 23.0 Å². The van der Waals surface area contributed by atoms with Crippen LogP contribution >= 0.6 is 0 Å². The second-order valence-corrected chi connectivity index (χ2v) is 8.67. The smallest absolute Gasteiger partial charge is 0.338 e. The van der Waals surface area contributed by atoms with Crippen LogP contribution in [-0.2, 0) is 17.7 Å². The molecule has 0 unspecified atom stereocenters. The van der Waals surface area contributed by atoms with Gasteiger partial charge in [0.05, 0.1) is 5.56 Å². The molecule has 7 rings (SSSR count). The molecule has 7 nitrogen and oxygen atoms in total. The normalized spacial score (nSPS) is 23.3. The Morgan fingerprint density at radius 1 is 0.879 bits per heavy atom. The van der Waals surface area contributed by atoms with E-state index in [-0.39, 0.29) is 37.6 Å². The van der Waals surface area contributed by atoms with Crippen LogP contribution in [0.5, 0.6) is 23.0 Å². The SMILES string of the molecule is O=C(O[C@H]1Cc2cc3c(cc2[C@H]2NCc4c(ccc5c4OCO5)[C@@H]12)OCO3)c1ccccc1. The number of carbonyl (C=O) groups is 1. The molecule has 0 spiro atoms. The van der Waals surface area contributed by atoms with E-state index < -0.39 is 0 Å². The lowest BCUT2D eigenvalue weighted by Crippen LogP contribution is -2.44. The van der Waals surface area contributed by atoms with Crippen molar-refractivity contribution in [2.75, 3.05) is 13.6 Å². The van der Waals surface area contributed by atoms with Gasteiger partial charge in [-0.2, -0.15) is 0 Å². The first-order valence-corrected chi connectivity index (χ1v) is 11.1. The molecule has 166 valence electrons. The molecule has 4 aliphatic rings. The largest absolute Gasteiger partial charge is 0.458 e. The van der Waals surface area contributed by atoms with Crippen LogP contribution in [0.3, 0.4) is 0 Å². The van der Waals surface area contributed by atoms with Crippen molar-refractivity contribution < 1.29 is 28.5 Å². The van der Waals surface area contributed by atoms with E-state index in [0.29, 0.717) is 18.5 Å². The summed E-state index contributed by atoms with van der Waals surface area (Å²) in [5, 5.41) is 3.67. The first kappa shape index (κ1) is 18.8. The molecule has 0 saturated heterocycles. The Kier molecular flexibility index (Phi) is 4.08. The molecule has 3 aromatic carbocycles. The minimum absolute atomic E-state index is 0.0373. The summed E-state index contributed by atoms with van der Waals surface area (Å²) < 4.78 is 28.8. The Hall–Kier alpha value is -3.71. The third-order valence-corrected chi connectivity index (χ3v) is 6.95. The van der Waals surface area contributed by atoms with Crippen molar-refractivity contribution >= 4 is 5.97 Å². The molecule has 0 amide bonds. The fraction of sp³-hybridized carbons (Fsp3) is 0.269. The molecular formula is C26H21NO6. The molecule has 3 heterocycles. The van der Waals surface area contributed by atoms with Gasteiger partial charge in [0.1, 0.15) is 6.10 Å². The fourth-order valence-corrected chi connectivity index (χ4v) is 5.48. The summed E-state index contributed by atoms with van der Waals surface area (Å²) in [5.41, 5.74) is 4.98. The van der Waals surface area contributed by atoms with Gasteiger partial charge in [-0.25, -0.2) is 4.79 Å². The number of rotatable bonds is 2. The highest BCUT2D eigenvalue weighted by molar-refractivity contribution is 5.89. The van der Waals surface area contributed by atoms with Gasteiger partial charge >= 0.3 is 5.97 Å². The number of carbonyl (C=O) groups excluding carboxylic acids is 1. The minimum Gasteiger partial charge on any atom is -0.458 e. The van der Waals surface area contributed by atoms with Gasteiger partial charge < -0.3 is 29.0 Å². The molecule has 33 heavy (non-hydrogen) atoms. The maximum atomic E-state index is 13.1. The maximum Gasteiger partial charge on any atom is 0.338 e. The van der Waals surface area contributed by atoms with Gasteiger partial charge in [0, 0.05) is 30.5 Å². The zero-order chi connectivity index (χ0) is 21.9. The van der Waals surface area contributed by atoms with E-state index in [0.717, 1.165) is 45.3 Å². The average Bonchev–Trinajstić information content (AvgIpc) is 3.52. The van der Waals surface area contributed by atoms with E-state index in [1.54, 1.807) is 12.1 Å². The topological polar surface area (TPSA) is 75.3 Å². The Morgan fingerprint density at radius 2 is 1.67 bits per heavy atom. The number of benzene rings is 3. The quantitative estimate of drug-likeness (QED) is 0.603. The van der Waals surface area contributed by atoms with Crippen molar-refractivity contribution in [1.82, 2.24) is 5.32 Å². The van der Waals surface area contributed by atoms with Gasteiger partial charge in [0.2, 0.25) is 13.6 Å². The van der Waals surface area contributed by atoms with Gasteiger partial charge in [-0.05, 0) is 47.0 Å². The van der Waals surface area contributed by atoms with Crippen molar-refractivity contribution in [3.63, 3.8) is 0 Å². The van der Waals surface area contributed by atoms with E-state index in [1.807, 2.05) is 30.3 Å².